The number of H-pyrrole nitrogens is 1. The Hall–Kier alpha value is -3.32. The number of ether oxygens (including phenoxy) is 1. The van der Waals surface area contributed by atoms with Crippen LogP contribution in [-0.2, 0) is 6.42 Å². The fourth-order valence-corrected chi connectivity index (χ4v) is 3.17. The zero-order valence-corrected chi connectivity index (χ0v) is 16.0. The number of fused-ring (bicyclic) bond motifs is 1. The van der Waals surface area contributed by atoms with E-state index in [1.807, 2.05) is 18.3 Å². The molecule has 0 bridgehead atoms. The van der Waals surface area contributed by atoms with E-state index in [0.717, 1.165) is 11.9 Å². The van der Waals surface area contributed by atoms with Crippen molar-refractivity contribution in [3.63, 3.8) is 0 Å². The quantitative estimate of drug-likeness (QED) is 0.430. The zero-order valence-electron chi connectivity index (χ0n) is 15.2. The lowest BCUT2D eigenvalue weighted by molar-refractivity contribution is 0.417. The molecule has 3 N–H and O–H groups in total. The molecule has 2 heterocycles. The first-order chi connectivity index (χ1) is 13.7. The maximum Gasteiger partial charge on any atom is 0.244 e. The van der Waals surface area contributed by atoms with Gasteiger partial charge >= 0.3 is 0 Å². The van der Waals surface area contributed by atoms with Crippen LogP contribution in [0.15, 0.2) is 54.9 Å². The summed E-state index contributed by atoms with van der Waals surface area (Å²) >= 11 is 6.07. The van der Waals surface area contributed by atoms with Crippen LogP contribution >= 0.6 is 11.6 Å². The van der Waals surface area contributed by atoms with Crippen LogP contribution in [0.25, 0.3) is 10.9 Å². The number of halogens is 1. The van der Waals surface area contributed by atoms with E-state index in [1.54, 1.807) is 31.5 Å². The number of hydrogen-bond donors (Lipinski definition) is 3. The number of para-hydroxylation sites is 1. The third kappa shape index (κ3) is 3.99. The molecule has 0 unspecified atom stereocenters. The molecule has 0 saturated heterocycles. The number of nitrogens with zero attached hydrogens (tertiary/aromatic N) is 3. The predicted molar refractivity (Wildman–Crippen MR) is 112 cm³/mol. The largest absolute Gasteiger partial charge is 0.495 e. The molecule has 4 aromatic rings. The molecular formula is C20H19ClN6O. The predicted octanol–water partition coefficient (Wildman–Crippen LogP) is 4.41. The number of benzene rings is 2. The van der Waals surface area contributed by atoms with Crippen LogP contribution in [0.1, 0.15) is 5.56 Å². The van der Waals surface area contributed by atoms with Gasteiger partial charge in [-0.05, 0) is 36.2 Å². The van der Waals surface area contributed by atoms with Crippen molar-refractivity contribution < 1.29 is 4.74 Å². The minimum atomic E-state index is 0.450. The van der Waals surface area contributed by atoms with Crippen molar-refractivity contribution in [2.24, 2.45) is 0 Å². The monoisotopic (exact) mass is 394 g/mol. The van der Waals surface area contributed by atoms with Gasteiger partial charge in [0.05, 0.1) is 19.0 Å². The average Bonchev–Trinajstić information content (AvgIpc) is 3.12. The SMILES string of the molecule is COc1ccc(Cl)cc1Nc1cnnc(NCCc2c[nH]c3ccccc23)n1. The molecule has 0 fully saturated rings. The van der Waals surface area contributed by atoms with Crippen LogP contribution in [0.3, 0.4) is 0 Å². The van der Waals surface area contributed by atoms with E-state index in [2.05, 4.69) is 42.9 Å². The maximum absolute atomic E-state index is 6.07. The van der Waals surface area contributed by atoms with E-state index in [0.29, 0.717) is 34.8 Å². The van der Waals surface area contributed by atoms with Gasteiger partial charge in [0.2, 0.25) is 5.95 Å². The molecule has 0 amide bonds. The highest BCUT2D eigenvalue weighted by Crippen LogP contribution is 2.29. The average molecular weight is 395 g/mol. The molecule has 28 heavy (non-hydrogen) atoms. The lowest BCUT2D eigenvalue weighted by atomic mass is 10.1. The minimum Gasteiger partial charge on any atom is -0.495 e. The summed E-state index contributed by atoms with van der Waals surface area (Å²) in [6.45, 7) is 0.688. The number of aromatic amines is 1. The fraction of sp³-hybridized carbons (Fsp3) is 0.150. The Bertz CT molecular complexity index is 1100. The van der Waals surface area contributed by atoms with Crippen molar-refractivity contribution in [3.8, 4) is 5.75 Å². The lowest BCUT2D eigenvalue weighted by Crippen LogP contribution is -2.09. The molecule has 2 aromatic heterocycles. The maximum atomic E-state index is 6.07. The van der Waals surface area contributed by atoms with Crippen LogP contribution < -0.4 is 15.4 Å². The fourth-order valence-electron chi connectivity index (χ4n) is 3.00. The number of anilines is 3. The number of rotatable bonds is 7. The van der Waals surface area contributed by atoms with Gasteiger partial charge in [0.25, 0.3) is 0 Å². The Balaban J connectivity index is 1.42. The second-order valence-electron chi connectivity index (χ2n) is 6.17. The minimum absolute atomic E-state index is 0.450. The summed E-state index contributed by atoms with van der Waals surface area (Å²) in [5, 5.41) is 16.3. The van der Waals surface area contributed by atoms with Gasteiger partial charge in [-0.15, -0.1) is 5.10 Å². The molecule has 2 aromatic carbocycles. The highest BCUT2D eigenvalue weighted by Gasteiger charge is 2.07. The summed E-state index contributed by atoms with van der Waals surface area (Å²) in [4.78, 5) is 7.74. The summed E-state index contributed by atoms with van der Waals surface area (Å²) in [5.74, 6) is 1.66. The summed E-state index contributed by atoms with van der Waals surface area (Å²) in [5.41, 5.74) is 3.09. The van der Waals surface area contributed by atoms with Crippen LogP contribution in [0.5, 0.6) is 5.75 Å². The second-order valence-corrected chi connectivity index (χ2v) is 6.61. The molecule has 0 aliphatic rings. The van der Waals surface area contributed by atoms with Gasteiger partial charge in [-0.25, -0.2) is 0 Å². The summed E-state index contributed by atoms with van der Waals surface area (Å²) in [7, 11) is 1.60. The molecule has 142 valence electrons. The number of aromatic nitrogens is 4. The summed E-state index contributed by atoms with van der Waals surface area (Å²) < 4.78 is 5.34. The number of hydrogen-bond acceptors (Lipinski definition) is 6. The molecule has 0 atom stereocenters. The molecule has 0 aliphatic carbocycles. The lowest BCUT2D eigenvalue weighted by Gasteiger charge is -2.11. The van der Waals surface area contributed by atoms with Crippen LogP contribution in [0.4, 0.5) is 17.5 Å². The van der Waals surface area contributed by atoms with E-state index >= 15 is 0 Å². The van der Waals surface area contributed by atoms with Crippen molar-refractivity contribution in [3.05, 3.63) is 65.4 Å². The first kappa shape index (κ1) is 18.1. The van der Waals surface area contributed by atoms with Crippen molar-refractivity contribution >= 4 is 40.0 Å². The normalized spacial score (nSPS) is 10.8. The Morgan fingerprint density at radius 2 is 2.07 bits per heavy atom. The molecule has 4 rings (SSSR count). The molecule has 0 radical (unpaired) electrons. The van der Waals surface area contributed by atoms with Crippen LogP contribution in [0, 0.1) is 0 Å². The van der Waals surface area contributed by atoms with Gasteiger partial charge in [-0.1, -0.05) is 29.8 Å². The first-order valence-corrected chi connectivity index (χ1v) is 9.20. The van der Waals surface area contributed by atoms with E-state index in [9.17, 15) is 0 Å². The van der Waals surface area contributed by atoms with Crippen molar-refractivity contribution in [2.75, 3.05) is 24.3 Å². The smallest absolute Gasteiger partial charge is 0.244 e. The van der Waals surface area contributed by atoms with E-state index < -0.39 is 0 Å². The van der Waals surface area contributed by atoms with E-state index in [4.69, 9.17) is 16.3 Å². The Morgan fingerprint density at radius 3 is 2.96 bits per heavy atom. The van der Waals surface area contributed by atoms with Gasteiger partial charge in [0, 0.05) is 28.7 Å². The molecule has 0 saturated carbocycles. The molecule has 7 nitrogen and oxygen atoms in total. The van der Waals surface area contributed by atoms with Crippen molar-refractivity contribution in [1.29, 1.82) is 0 Å². The highest BCUT2D eigenvalue weighted by molar-refractivity contribution is 6.31. The van der Waals surface area contributed by atoms with Crippen LogP contribution in [0.2, 0.25) is 5.02 Å². The molecule has 0 spiro atoms. The topological polar surface area (TPSA) is 87.8 Å². The van der Waals surface area contributed by atoms with Gasteiger partial charge < -0.3 is 20.4 Å². The Morgan fingerprint density at radius 1 is 1.18 bits per heavy atom. The van der Waals surface area contributed by atoms with Gasteiger partial charge in [-0.2, -0.15) is 10.1 Å². The summed E-state index contributed by atoms with van der Waals surface area (Å²) in [6, 6.07) is 13.6. The van der Waals surface area contributed by atoms with Crippen molar-refractivity contribution in [1.82, 2.24) is 20.2 Å². The first-order valence-electron chi connectivity index (χ1n) is 8.82. The number of methoxy groups -OCH3 is 1. The van der Waals surface area contributed by atoms with Crippen molar-refractivity contribution in [2.45, 2.75) is 6.42 Å². The second kappa shape index (κ2) is 8.14. The van der Waals surface area contributed by atoms with Gasteiger partial charge in [0.1, 0.15) is 5.75 Å². The highest BCUT2D eigenvalue weighted by atomic mass is 35.5. The third-order valence-electron chi connectivity index (χ3n) is 4.34. The molecular weight excluding hydrogens is 376 g/mol. The van der Waals surface area contributed by atoms with E-state index in [-0.39, 0.29) is 0 Å². The molecule has 8 heteroatoms. The number of nitrogens with one attached hydrogen (secondary N) is 3. The summed E-state index contributed by atoms with van der Waals surface area (Å²) in [6.07, 6.45) is 4.42. The Kier molecular flexibility index (Phi) is 5.25. The van der Waals surface area contributed by atoms with Crippen LogP contribution in [-0.4, -0.2) is 33.8 Å². The Labute approximate surface area is 167 Å². The standard InChI is InChI=1S/C20H19ClN6O/c1-28-18-7-6-14(21)10-17(18)25-19-12-24-27-20(26-19)22-9-8-13-11-23-16-5-3-2-4-15(13)16/h2-7,10-12,23H,8-9H2,1H3,(H2,22,25,26,27). The van der Waals surface area contributed by atoms with Gasteiger partial charge in [-0.3, -0.25) is 0 Å². The molecule has 0 aliphatic heterocycles. The van der Waals surface area contributed by atoms with Gasteiger partial charge in [0.15, 0.2) is 5.82 Å². The third-order valence-corrected chi connectivity index (χ3v) is 4.57. The zero-order chi connectivity index (χ0) is 19.3. The van der Waals surface area contributed by atoms with E-state index in [1.165, 1.54) is 10.9 Å².